The first-order chi connectivity index (χ1) is 20.0. The van der Waals surface area contributed by atoms with Gasteiger partial charge in [0, 0.05) is 72.8 Å². The highest BCUT2D eigenvalue weighted by atomic mass is 32.2. The summed E-state index contributed by atoms with van der Waals surface area (Å²) < 4.78 is 39.3. The first-order valence-corrected chi connectivity index (χ1v) is 15.4. The Morgan fingerprint density at radius 1 is 1.17 bits per heavy atom. The van der Waals surface area contributed by atoms with E-state index < -0.39 is 34.2 Å². The van der Waals surface area contributed by atoms with Gasteiger partial charge in [-0.3, -0.25) is 15.5 Å². The van der Waals surface area contributed by atoms with Crippen molar-refractivity contribution in [1.29, 1.82) is 5.41 Å². The molecule has 1 unspecified atom stereocenters. The zero-order valence-electron chi connectivity index (χ0n) is 23.3. The van der Waals surface area contributed by atoms with Crippen LogP contribution >= 0.6 is 11.3 Å². The molecule has 1 saturated heterocycles. The maximum atomic E-state index is 13.7. The summed E-state index contributed by atoms with van der Waals surface area (Å²) in [5.74, 6) is -1.31. The van der Waals surface area contributed by atoms with Crippen molar-refractivity contribution >= 4 is 56.1 Å². The molecule has 1 fully saturated rings. The highest BCUT2D eigenvalue weighted by Crippen LogP contribution is 2.28. The van der Waals surface area contributed by atoms with Gasteiger partial charge in [0.05, 0.1) is 19.4 Å². The molecule has 0 bridgehead atoms. The second-order valence-electron chi connectivity index (χ2n) is 9.93. The molecule has 0 spiro atoms. The van der Waals surface area contributed by atoms with E-state index in [1.165, 1.54) is 35.7 Å². The fourth-order valence-electron chi connectivity index (χ4n) is 4.95. The first-order valence-electron chi connectivity index (χ1n) is 13.2. The van der Waals surface area contributed by atoms with Crippen molar-refractivity contribution in [2.24, 2.45) is 0 Å². The van der Waals surface area contributed by atoms with Crippen LogP contribution in [0.25, 0.3) is 10.8 Å². The Kier molecular flexibility index (Phi) is 8.32. The van der Waals surface area contributed by atoms with Gasteiger partial charge in [-0.15, -0.1) is 11.3 Å². The van der Waals surface area contributed by atoms with Crippen LogP contribution in [0.4, 0.5) is 4.79 Å². The standard InChI is InChI=1S/C26H31N7O7S2/c1-4-40-25(35)20-14-31(9-10-33(20)24(34)23-28-19-7-8-30(2)15-21(19)41-23)42(37,38)32-12-17-6-5-16(11-18(17)13-32)22(27)29-26(36)39-3/h5-6,11-13,20H,4,7-10,14-15H2,1-3H3,(H2,27,29,36). The predicted octanol–water partition coefficient (Wildman–Crippen LogP) is 1.25. The SMILES string of the molecule is CCOC(=O)C1CN(S(=O)(=O)n2cc3ccc(C(=N)NC(=O)OC)cc3c2)CCN1C(=O)c1nc2c(s1)CN(C)CC2. The van der Waals surface area contributed by atoms with Crippen LogP contribution in [-0.4, -0.2) is 108 Å². The van der Waals surface area contributed by atoms with Gasteiger partial charge in [-0.1, -0.05) is 12.1 Å². The molecule has 5 rings (SSSR count). The van der Waals surface area contributed by atoms with E-state index in [0.717, 1.165) is 31.8 Å². The maximum Gasteiger partial charge on any atom is 0.412 e. The third kappa shape index (κ3) is 5.74. The fraction of sp³-hybridized carbons (Fsp3) is 0.423. The van der Waals surface area contributed by atoms with E-state index in [2.05, 4.69) is 19.9 Å². The number of benzene rings is 1. The largest absolute Gasteiger partial charge is 0.464 e. The third-order valence-corrected chi connectivity index (χ3v) is 9.98. The number of aromatic nitrogens is 2. The molecule has 16 heteroatoms. The lowest BCUT2D eigenvalue weighted by Gasteiger charge is -2.38. The van der Waals surface area contributed by atoms with E-state index in [1.54, 1.807) is 25.1 Å². The van der Waals surface area contributed by atoms with Gasteiger partial charge in [-0.2, -0.15) is 12.7 Å². The van der Waals surface area contributed by atoms with E-state index in [9.17, 15) is 22.8 Å². The number of amidine groups is 1. The molecule has 2 aromatic heterocycles. The minimum absolute atomic E-state index is 0.0208. The van der Waals surface area contributed by atoms with E-state index in [1.807, 2.05) is 7.05 Å². The van der Waals surface area contributed by atoms with Gasteiger partial charge in [0.1, 0.15) is 11.9 Å². The van der Waals surface area contributed by atoms with Gasteiger partial charge in [-0.25, -0.2) is 18.5 Å². The molecule has 42 heavy (non-hydrogen) atoms. The van der Waals surface area contributed by atoms with Crippen molar-refractivity contribution < 1.29 is 32.3 Å². The fourth-order valence-corrected chi connectivity index (χ4v) is 7.50. The number of rotatable bonds is 6. The van der Waals surface area contributed by atoms with Gasteiger partial charge in [0.2, 0.25) is 0 Å². The van der Waals surface area contributed by atoms with Crippen LogP contribution in [-0.2, 0) is 37.4 Å². The predicted molar refractivity (Wildman–Crippen MR) is 154 cm³/mol. The Labute approximate surface area is 246 Å². The van der Waals surface area contributed by atoms with Crippen molar-refractivity contribution in [3.05, 3.63) is 51.7 Å². The van der Waals surface area contributed by atoms with Crippen LogP contribution in [0.3, 0.4) is 0 Å². The Balaban J connectivity index is 1.38. The zero-order chi connectivity index (χ0) is 30.2. The summed E-state index contributed by atoms with van der Waals surface area (Å²) in [6.45, 7) is 2.92. The molecule has 0 aliphatic carbocycles. The van der Waals surface area contributed by atoms with Crippen molar-refractivity contribution in [2.75, 3.05) is 46.9 Å². The van der Waals surface area contributed by atoms with Crippen LogP contribution < -0.4 is 5.32 Å². The van der Waals surface area contributed by atoms with Crippen LogP contribution in [0.1, 0.15) is 32.9 Å². The maximum absolute atomic E-state index is 13.7. The molecule has 3 aromatic rings. The van der Waals surface area contributed by atoms with Gasteiger partial charge >= 0.3 is 22.3 Å². The molecule has 2 amide bonds. The number of methoxy groups -OCH3 is 1. The van der Waals surface area contributed by atoms with Gasteiger partial charge in [0.15, 0.2) is 5.01 Å². The zero-order valence-corrected chi connectivity index (χ0v) is 25.0. The average Bonchev–Trinajstić information content (AvgIpc) is 3.60. The first kappa shape index (κ1) is 29.6. The van der Waals surface area contributed by atoms with E-state index >= 15 is 0 Å². The number of esters is 1. The van der Waals surface area contributed by atoms with Crippen LogP contribution in [0.2, 0.25) is 0 Å². The van der Waals surface area contributed by atoms with Gasteiger partial charge in [0.25, 0.3) is 5.91 Å². The molecule has 2 aliphatic heterocycles. The number of ether oxygens (including phenoxy) is 2. The van der Waals surface area contributed by atoms with Crippen LogP contribution in [0.15, 0.2) is 30.6 Å². The van der Waals surface area contributed by atoms with Crippen molar-refractivity contribution in [2.45, 2.75) is 25.9 Å². The molecule has 1 atom stereocenters. The second kappa shape index (κ2) is 11.8. The summed E-state index contributed by atoms with van der Waals surface area (Å²) in [7, 11) is -0.956. The molecule has 4 heterocycles. The lowest BCUT2D eigenvalue weighted by molar-refractivity contribution is -0.149. The number of hydrogen-bond acceptors (Lipinski definition) is 11. The van der Waals surface area contributed by atoms with E-state index in [0.29, 0.717) is 22.9 Å². The second-order valence-corrected chi connectivity index (χ2v) is 12.8. The molecule has 2 aliphatic rings. The molecule has 224 valence electrons. The normalized spacial score (nSPS) is 18.0. The summed E-state index contributed by atoms with van der Waals surface area (Å²) >= 11 is 1.30. The highest BCUT2D eigenvalue weighted by Gasteiger charge is 2.42. The quantitative estimate of drug-likeness (QED) is 0.235. The summed E-state index contributed by atoms with van der Waals surface area (Å²) in [5.41, 5.74) is 1.24. The number of likely N-dealkylation sites (N-methyl/N-ethyl adjacent to an activating group) is 1. The molecule has 1 aromatic carbocycles. The Bertz CT molecular complexity index is 1670. The number of alkyl carbamates (subject to hydrolysis) is 1. The lowest BCUT2D eigenvalue weighted by Crippen LogP contribution is -2.60. The number of hydrogen-bond donors (Lipinski definition) is 2. The Hall–Kier alpha value is -3.86. The topological polar surface area (TPSA) is 167 Å². The number of piperazine rings is 1. The third-order valence-electron chi connectivity index (χ3n) is 7.18. The molecule has 2 N–H and O–H groups in total. The van der Waals surface area contributed by atoms with Crippen LogP contribution in [0.5, 0.6) is 0 Å². The summed E-state index contributed by atoms with van der Waals surface area (Å²) in [4.78, 5) is 47.1. The number of nitrogens with one attached hydrogen (secondary N) is 2. The summed E-state index contributed by atoms with van der Waals surface area (Å²) in [6.07, 6.45) is 2.77. The smallest absolute Gasteiger partial charge is 0.412 e. The Morgan fingerprint density at radius 2 is 1.93 bits per heavy atom. The van der Waals surface area contributed by atoms with Crippen molar-refractivity contribution in [3.8, 4) is 0 Å². The molecule has 0 radical (unpaired) electrons. The number of nitrogens with zero attached hydrogens (tertiary/aromatic N) is 5. The van der Waals surface area contributed by atoms with Crippen LogP contribution in [0, 0.1) is 5.41 Å². The van der Waals surface area contributed by atoms with Gasteiger partial charge < -0.3 is 19.3 Å². The Morgan fingerprint density at radius 3 is 2.67 bits per heavy atom. The number of thiazole rings is 1. The number of fused-ring (bicyclic) bond motifs is 2. The van der Waals surface area contributed by atoms with E-state index in [-0.39, 0.29) is 37.1 Å². The number of carbonyl (C=O) groups excluding carboxylic acids is 3. The highest BCUT2D eigenvalue weighted by molar-refractivity contribution is 7.87. The molecule has 14 nitrogen and oxygen atoms in total. The van der Waals surface area contributed by atoms with Crippen molar-refractivity contribution in [3.63, 3.8) is 0 Å². The monoisotopic (exact) mass is 617 g/mol. The van der Waals surface area contributed by atoms with E-state index in [4.69, 9.17) is 10.1 Å². The summed E-state index contributed by atoms with van der Waals surface area (Å²) in [5, 5.41) is 11.7. The van der Waals surface area contributed by atoms with Crippen molar-refractivity contribution in [1.82, 2.24) is 28.4 Å². The summed E-state index contributed by atoms with van der Waals surface area (Å²) in [6, 6.07) is 3.63. The molecular weight excluding hydrogens is 586 g/mol. The lowest BCUT2D eigenvalue weighted by atomic mass is 10.1. The average molecular weight is 618 g/mol. The number of amides is 2. The molecular formula is C26H31N7O7S2. The van der Waals surface area contributed by atoms with Gasteiger partial charge in [-0.05, 0) is 20.0 Å². The number of carbonyl (C=O) groups is 3. The molecule has 0 saturated carbocycles. The minimum Gasteiger partial charge on any atom is -0.464 e. The minimum atomic E-state index is -4.14.